The van der Waals surface area contributed by atoms with Crippen molar-refractivity contribution in [2.24, 2.45) is 0 Å². The number of pyridine rings is 1. The molecule has 4 aromatic rings. The number of aromatic nitrogens is 2. The smallest absolute Gasteiger partial charge is 0.252 e. The molecule has 2 aromatic carbocycles. The van der Waals surface area contributed by atoms with Crippen molar-refractivity contribution in [1.82, 2.24) is 15.3 Å². The Hall–Kier alpha value is -3.73. The van der Waals surface area contributed by atoms with E-state index in [0.29, 0.717) is 22.8 Å². The van der Waals surface area contributed by atoms with E-state index in [4.69, 9.17) is 4.42 Å². The van der Waals surface area contributed by atoms with E-state index >= 15 is 0 Å². The zero-order valence-corrected chi connectivity index (χ0v) is 15.4. The molecule has 0 saturated heterocycles. The summed E-state index contributed by atoms with van der Waals surface area (Å²) in [6.07, 6.45) is 3.39. The second-order valence-electron chi connectivity index (χ2n) is 6.39. The molecular weight excluding hydrogens is 350 g/mol. The number of rotatable bonds is 5. The van der Waals surface area contributed by atoms with E-state index in [-0.39, 0.29) is 11.9 Å². The van der Waals surface area contributed by atoms with Crippen molar-refractivity contribution in [3.63, 3.8) is 0 Å². The van der Waals surface area contributed by atoms with Gasteiger partial charge in [0.1, 0.15) is 0 Å². The average Bonchev–Trinajstić information content (AvgIpc) is 3.25. The van der Waals surface area contributed by atoms with E-state index in [1.807, 2.05) is 73.7 Å². The highest BCUT2D eigenvalue weighted by Crippen LogP contribution is 2.28. The van der Waals surface area contributed by atoms with Gasteiger partial charge in [0.15, 0.2) is 5.76 Å². The standard InChI is InChI=1S/C23H19N3O2/c1-16(20-13-7-8-14-24-20)26-22(27)18-11-5-6-12-19(18)23-25-15-21(28-23)17-9-3-2-4-10-17/h2-16H,1H3,(H,26,27). The highest BCUT2D eigenvalue weighted by molar-refractivity contribution is 6.00. The SMILES string of the molecule is CC(NC(=O)c1ccccc1-c1ncc(-c2ccccc2)o1)c1ccccn1. The molecule has 4 rings (SSSR count). The number of nitrogens with one attached hydrogen (secondary N) is 1. The Morgan fingerprint density at radius 1 is 0.929 bits per heavy atom. The van der Waals surface area contributed by atoms with Gasteiger partial charge in [0.05, 0.1) is 23.5 Å². The third kappa shape index (κ3) is 3.69. The largest absolute Gasteiger partial charge is 0.436 e. The number of carbonyl (C=O) groups excluding carboxylic acids is 1. The molecular formula is C23H19N3O2. The lowest BCUT2D eigenvalue weighted by Crippen LogP contribution is -2.27. The van der Waals surface area contributed by atoms with E-state index in [0.717, 1.165) is 11.3 Å². The molecule has 0 radical (unpaired) electrons. The Bertz CT molecular complexity index is 1080. The Kier molecular flexibility index (Phi) is 4.97. The van der Waals surface area contributed by atoms with E-state index in [1.54, 1.807) is 18.5 Å². The molecule has 1 atom stereocenters. The Labute approximate surface area is 163 Å². The van der Waals surface area contributed by atoms with E-state index in [2.05, 4.69) is 15.3 Å². The lowest BCUT2D eigenvalue weighted by Gasteiger charge is -2.14. The number of oxazole rings is 1. The number of hydrogen-bond acceptors (Lipinski definition) is 4. The maximum Gasteiger partial charge on any atom is 0.252 e. The van der Waals surface area contributed by atoms with Crippen molar-refractivity contribution >= 4 is 5.91 Å². The van der Waals surface area contributed by atoms with Crippen LogP contribution in [0.4, 0.5) is 0 Å². The molecule has 1 unspecified atom stereocenters. The summed E-state index contributed by atoms with van der Waals surface area (Å²) >= 11 is 0. The number of benzene rings is 2. The van der Waals surface area contributed by atoms with Crippen molar-refractivity contribution in [3.8, 4) is 22.8 Å². The second kappa shape index (κ2) is 7.88. The van der Waals surface area contributed by atoms with Crippen LogP contribution in [0.2, 0.25) is 0 Å². The van der Waals surface area contributed by atoms with Crippen LogP contribution in [0.1, 0.15) is 29.0 Å². The zero-order valence-electron chi connectivity index (χ0n) is 15.4. The normalized spacial score (nSPS) is 11.8. The predicted octanol–water partition coefficient (Wildman–Crippen LogP) is 4.89. The topological polar surface area (TPSA) is 68.0 Å². The van der Waals surface area contributed by atoms with Crippen LogP contribution in [0, 0.1) is 0 Å². The fourth-order valence-corrected chi connectivity index (χ4v) is 2.98. The summed E-state index contributed by atoms with van der Waals surface area (Å²) in [4.78, 5) is 21.6. The average molecular weight is 369 g/mol. The second-order valence-corrected chi connectivity index (χ2v) is 6.39. The van der Waals surface area contributed by atoms with Crippen LogP contribution in [0.5, 0.6) is 0 Å². The van der Waals surface area contributed by atoms with Crippen molar-refractivity contribution in [1.29, 1.82) is 0 Å². The van der Waals surface area contributed by atoms with Gasteiger partial charge in [-0.15, -0.1) is 0 Å². The molecule has 0 aliphatic carbocycles. The van der Waals surface area contributed by atoms with Crippen LogP contribution in [0.15, 0.2) is 89.6 Å². The van der Waals surface area contributed by atoms with Gasteiger partial charge in [0.25, 0.3) is 5.91 Å². The van der Waals surface area contributed by atoms with Crippen LogP contribution in [0.25, 0.3) is 22.8 Å². The first-order chi connectivity index (χ1) is 13.7. The molecule has 0 fully saturated rings. The van der Waals surface area contributed by atoms with E-state index in [1.165, 1.54) is 0 Å². The summed E-state index contributed by atoms with van der Waals surface area (Å²) in [7, 11) is 0. The highest BCUT2D eigenvalue weighted by Gasteiger charge is 2.19. The minimum atomic E-state index is -0.216. The summed E-state index contributed by atoms with van der Waals surface area (Å²) in [6, 6.07) is 22.4. The molecule has 1 amide bonds. The lowest BCUT2D eigenvalue weighted by molar-refractivity contribution is 0.0939. The zero-order chi connectivity index (χ0) is 19.3. The first kappa shape index (κ1) is 17.7. The molecule has 2 heterocycles. The van der Waals surface area contributed by atoms with Crippen LogP contribution in [-0.2, 0) is 0 Å². The minimum absolute atomic E-state index is 0.201. The Morgan fingerprint density at radius 2 is 1.68 bits per heavy atom. The maximum atomic E-state index is 12.9. The number of amides is 1. The fraction of sp³-hybridized carbons (Fsp3) is 0.0870. The molecule has 5 nitrogen and oxygen atoms in total. The van der Waals surface area contributed by atoms with Crippen molar-refractivity contribution in [3.05, 3.63) is 96.4 Å². The van der Waals surface area contributed by atoms with Crippen LogP contribution >= 0.6 is 0 Å². The van der Waals surface area contributed by atoms with E-state index in [9.17, 15) is 4.79 Å². The summed E-state index contributed by atoms with van der Waals surface area (Å²) in [6.45, 7) is 1.90. The van der Waals surface area contributed by atoms with Gasteiger partial charge in [-0.3, -0.25) is 9.78 Å². The third-order valence-corrected chi connectivity index (χ3v) is 4.45. The number of carbonyl (C=O) groups is 1. The molecule has 0 aliphatic rings. The van der Waals surface area contributed by atoms with Gasteiger partial charge in [0, 0.05) is 17.3 Å². The van der Waals surface area contributed by atoms with E-state index < -0.39 is 0 Å². The molecule has 0 spiro atoms. The molecule has 0 bridgehead atoms. The van der Waals surface area contributed by atoms with Crippen molar-refractivity contribution in [2.45, 2.75) is 13.0 Å². The molecule has 2 aromatic heterocycles. The molecule has 0 saturated carbocycles. The Balaban J connectivity index is 1.61. The first-order valence-corrected chi connectivity index (χ1v) is 9.05. The molecule has 138 valence electrons. The van der Waals surface area contributed by atoms with Crippen molar-refractivity contribution < 1.29 is 9.21 Å². The maximum absolute atomic E-state index is 12.9. The van der Waals surface area contributed by atoms with Crippen LogP contribution in [-0.4, -0.2) is 15.9 Å². The van der Waals surface area contributed by atoms with Gasteiger partial charge in [0.2, 0.25) is 5.89 Å². The number of hydrogen-bond donors (Lipinski definition) is 1. The van der Waals surface area contributed by atoms with Crippen LogP contribution in [0.3, 0.4) is 0 Å². The quantitative estimate of drug-likeness (QED) is 0.544. The van der Waals surface area contributed by atoms with Crippen LogP contribution < -0.4 is 5.32 Å². The minimum Gasteiger partial charge on any atom is -0.436 e. The van der Waals surface area contributed by atoms with Gasteiger partial charge >= 0.3 is 0 Å². The van der Waals surface area contributed by atoms with Gasteiger partial charge in [-0.2, -0.15) is 0 Å². The van der Waals surface area contributed by atoms with Gasteiger partial charge in [-0.25, -0.2) is 4.98 Å². The predicted molar refractivity (Wildman–Crippen MR) is 107 cm³/mol. The molecule has 1 N–H and O–H groups in total. The molecule has 28 heavy (non-hydrogen) atoms. The summed E-state index contributed by atoms with van der Waals surface area (Å²) in [5.41, 5.74) is 2.89. The lowest BCUT2D eigenvalue weighted by atomic mass is 10.1. The monoisotopic (exact) mass is 369 g/mol. The Morgan fingerprint density at radius 3 is 2.46 bits per heavy atom. The summed E-state index contributed by atoms with van der Waals surface area (Å²) < 4.78 is 5.93. The summed E-state index contributed by atoms with van der Waals surface area (Å²) in [5.74, 6) is 0.871. The third-order valence-electron chi connectivity index (χ3n) is 4.45. The molecule has 5 heteroatoms. The van der Waals surface area contributed by atoms with Crippen molar-refractivity contribution in [2.75, 3.05) is 0 Å². The fourth-order valence-electron chi connectivity index (χ4n) is 2.98. The van der Waals surface area contributed by atoms with Gasteiger partial charge in [-0.1, -0.05) is 48.5 Å². The number of nitrogens with zero attached hydrogens (tertiary/aromatic N) is 2. The summed E-state index contributed by atoms with van der Waals surface area (Å²) in [5, 5.41) is 2.99. The first-order valence-electron chi connectivity index (χ1n) is 9.05. The van der Waals surface area contributed by atoms with Gasteiger partial charge < -0.3 is 9.73 Å². The van der Waals surface area contributed by atoms with Gasteiger partial charge in [-0.05, 0) is 31.2 Å². The highest BCUT2D eigenvalue weighted by atomic mass is 16.4. The molecule has 0 aliphatic heterocycles.